The Balaban J connectivity index is 0.000000496. The van der Waals surface area contributed by atoms with E-state index >= 15 is 0 Å². The Kier molecular flexibility index (Phi) is 12.9. The Labute approximate surface area is 247 Å². The number of unbranched alkanes of at least 4 members (excludes halogenated alkanes) is 1. The number of hydrogen-bond donors (Lipinski definition) is 2. The number of hydrogen-bond acceptors (Lipinski definition) is 6. The molecule has 0 saturated carbocycles. The van der Waals surface area contributed by atoms with Crippen molar-refractivity contribution in [1.29, 1.82) is 0 Å². The maximum atomic E-state index is 13.1. The summed E-state index contributed by atoms with van der Waals surface area (Å²) in [5.41, 5.74) is 8.69. The van der Waals surface area contributed by atoms with Gasteiger partial charge in [0.15, 0.2) is 0 Å². The monoisotopic (exact) mass is 580 g/mol. The second-order valence-electron chi connectivity index (χ2n) is 10.2. The summed E-state index contributed by atoms with van der Waals surface area (Å²) in [6, 6.07) is 11.6. The lowest BCUT2D eigenvalue weighted by atomic mass is 10.0. The van der Waals surface area contributed by atoms with Crippen molar-refractivity contribution in [3.8, 4) is 11.8 Å². The quantitative estimate of drug-likeness (QED) is 0.375. The van der Waals surface area contributed by atoms with E-state index in [4.69, 9.17) is 22.1 Å². The third-order valence-electron chi connectivity index (χ3n) is 6.89. The van der Waals surface area contributed by atoms with Gasteiger partial charge in [0.25, 0.3) is 5.91 Å². The Morgan fingerprint density at radius 2 is 1.88 bits per heavy atom. The molecule has 0 atom stereocenters. The van der Waals surface area contributed by atoms with E-state index in [2.05, 4.69) is 28.6 Å². The lowest BCUT2D eigenvalue weighted by Gasteiger charge is -2.26. The van der Waals surface area contributed by atoms with Gasteiger partial charge in [0.05, 0.1) is 31.9 Å². The van der Waals surface area contributed by atoms with E-state index in [1.54, 1.807) is 11.6 Å². The van der Waals surface area contributed by atoms with Crippen molar-refractivity contribution >= 4 is 28.4 Å². The molecule has 1 aliphatic rings. The van der Waals surface area contributed by atoms with Crippen molar-refractivity contribution in [2.24, 2.45) is 12.8 Å². The highest BCUT2D eigenvalue weighted by Crippen LogP contribution is 2.20. The minimum absolute atomic E-state index is 0.0267. The normalized spacial score (nSPS) is 13.4. The number of nitrogens with two attached hydrogens (primary N) is 1. The highest BCUT2D eigenvalue weighted by atomic mass is 35.5. The van der Waals surface area contributed by atoms with Crippen LogP contribution in [0.15, 0.2) is 47.4 Å². The van der Waals surface area contributed by atoms with Crippen LogP contribution in [0.5, 0.6) is 0 Å². The van der Waals surface area contributed by atoms with Gasteiger partial charge in [-0.1, -0.05) is 54.5 Å². The Morgan fingerprint density at radius 3 is 2.49 bits per heavy atom. The number of halogens is 1. The number of nitrogens with zero attached hydrogens (tertiary/aromatic N) is 3. The van der Waals surface area contributed by atoms with Crippen molar-refractivity contribution in [3.05, 3.63) is 80.1 Å². The van der Waals surface area contributed by atoms with Crippen LogP contribution >= 0.6 is 11.6 Å². The molecule has 1 amide bonds. The minimum Gasteiger partial charge on any atom is -0.395 e. The van der Waals surface area contributed by atoms with E-state index in [-0.39, 0.29) is 17.6 Å². The highest BCUT2D eigenvalue weighted by Gasteiger charge is 2.17. The second kappa shape index (κ2) is 16.3. The van der Waals surface area contributed by atoms with Crippen LogP contribution in [0.1, 0.15) is 46.8 Å². The Hall–Kier alpha value is -3.19. The Bertz CT molecular complexity index is 1400. The van der Waals surface area contributed by atoms with Crippen LogP contribution in [0.4, 0.5) is 0 Å². The van der Waals surface area contributed by atoms with E-state index in [1.807, 2.05) is 43.3 Å². The number of aryl methyl sites for hydroxylation is 2. The van der Waals surface area contributed by atoms with Crippen molar-refractivity contribution in [2.45, 2.75) is 33.2 Å². The van der Waals surface area contributed by atoms with Crippen molar-refractivity contribution < 1.29 is 14.6 Å². The summed E-state index contributed by atoms with van der Waals surface area (Å²) in [4.78, 5) is 29.3. The van der Waals surface area contributed by atoms with Gasteiger partial charge < -0.3 is 20.1 Å². The summed E-state index contributed by atoms with van der Waals surface area (Å²) in [7, 11) is 1.79. The Morgan fingerprint density at radius 1 is 1.17 bits per heavy atom. The van der Waals surface area contributed by atoms with Crippen LogP contribution in [-0.2, 0) is 18.3 Å². The number of aromatic nitrogens is 1. The number of carbonyl (C=O) groups is 1. The van der Waals surface area contributed by atoms with Gasteiger partial charge in [0.2, 0.25) is 5.43 Å². The molecule has 1 saturated heterocycles. The minimum atomic E-state index is -0.737. The van der Waals surface area contributed by atoms with E-state index in [1.165, 1.54) is 11.8 Å². The lowest BCUT2D eigenvalue weighted by molar-refractivity contribution is 0.0342. The first-order chi connectivity index (χ1) is 19.7. The van der Waals surface area contributed by atoms with Gasteiger partial charge >= 0.3 is 0 Å². The standard InChI is InChI=1S/C25H34N4O4.C7H7Cl/c1-3-4-7-28(9-12-30)8-5-6-20-15-19(17-29-10-13-33-14-11-29)16-21-23(20)27(2)18-22(24(21)31)25(26)32;1-6-2-4-7(8)5-3-6/h15-16,18,30H,3-4,7-14,17H2,1-2H3,(H2,26,32);2-5H,1H3. The lowest BCUT2D eigenvalue weighted by Crippen LogP contribution is -2.35. The molecule has 4 rings (SSSR count). The molecule has 8 nitrogen and oxygen atoms in total. The van der Waals surface area contributed by atoms with Crippen molar-refractivity contribution in [2.75, 3.05) is 52.5 Å². The van der Waals surface area contributed by atoms with Crippen LogP contribution in [0, 0.1) is 18.8 Å². The predicted molar refractivity (Wildman–Crippen MR) is 165 cm³/mol. The zero-order valence-electron chi connectivity index (χ0n) is 24.3. The molecular formula is C32H41ClN4O4. The van der Waals surface area contributed by atoms with Crippen LogP contribution < -0.4 is 11.2 Å². The number of aliphatic hydroxyl groups is 1. The molecule has 9 heteroatoms. The molecule has 3 N–H and O–H groups in total. The number of aliphatic hydroxyl groups excluding tert-OH is 1. The van der Waals surface area contributed by atoms with Gasteiger partial charge in [0, 0.05) is 55.4 Å². The number of rotatable bonds is 9. The number of fused-ring (bicyclic) bond motifs is 1. The van der Waals surface area contributed by atoms with E-state index < -0.39 is 5.91 Å². The topological polar surface area (TPSA) is 101 Å². The third-order valence-corrected chi connectivity index (χ3v) is 7.14. The van der Waals surface area contributed by atoms with Crippen LogP contribution in [0.3, 0.4) is 0 Å². The molecule has 1 aromatic heterocycles. The molecule has 0 radical (unpaired) electrons. The zero-order valence-corrected chi connectivity index (χ0v) is 25.0. The summed E-state index contributed by atoms with van der Waals surface area (Å²) in [6.45, 7) is 9.95. The SMILES string of the molecule is CCCCN(CC#Cc1cc(CN2CCOCC2)cc2c(=O)c(C(N)=O)cn(C)c12)CCO.Cc1ccc(Cl)cc1. The molecule has 0 spiro atoms. The average molecular weight is 581 g/mol. The first-order valence-electron chi connectivity index (χ1n) is 14.0. The summed E-state index contributed by atoms with van der Waals surface area (Å²) in [5.74, 6) is 5.74. The van der Waals surface area contributed by atoms with Gasteiger partial charge in [-0.05, 0) is 49.7 Å². The number of primary amides is 1. The van der Waals surface area contributed by atoms with E-state index in [0.29, 0.717) is 43.8 Å². The van der Waals surface area contributed by atoms with Crippen LogP contribution in [-0.4, -0.2) is 77.9 Å². The summed E-state index contributed by atoms with van der Waals surface area (Å²) >= 11 is 5.61. The molecule has 2 heterocycles. The number of amides is 1. The molecule has 0 bridgehead atoms. The van der Waals surface area contributed by atoms with Crippen LogP contribution in [0.25, 0.3) is 10.9 Å². The molecule has 0 aliphatic carbocycles. The average Bonchev–Trinajstić information content (AvgIpc) is 2.95. The molecule has 0 unspecified atom stereocenters. The second-order valence-corrected chi connectivity index (χ2v) is 10.7. The van der Waals surface area contributed by atoms with Crippen molar-refractivity contribution in [3.63, 3.8) is 0 Å². The van der Waals surface area contributed by atoms with E-state index in [0.717, 1.165) is 48.6 Å². The number of morpholine rings is 1. The zero-order chi connectivity index (χ0) is 29.8. The van der Waals surface area contributed by atoms with Crippen LogP contribution in [0.2, 0.25) is 5.02 Å². The molecule has 1 aliphatic heterocycles. The first-order valence-corrected chi connectivity index (χ1v) is 14.4. The number of carbonyl (C=O) groups excluding carboxylic acids is 1. The number of ether oxygens (including phenoxy) is 1. The third kappa shape index (κ3) is 9.70. The molecule has 220 valence electrons. The summed E-state index contributed by atoms with van der Waals surface area (Å²) in [6.07, 6.45) is 3.61. The van der Waals surface area contributed by atoms with Gasteiger partial charge in [-0.3, -0.25) is 19.4 Å². The highest BCUT2D eigenvalue weighted by molar-refractivity contribution is 6.30. The fourth-order valence-electron chi connectivity index (χ4n) is 4.66. The summed E-state index contributed by atoms with van der Waals surface area (Å²) < 4.78 is 7.19. The maximum absolute atomic E-state index is 13.1. The van der Waals surface area contributed by atoms with Gasteiger partial charge in [-0.25, -0.2) is 0 Å². The predicted octanol–water partition coefficient (Wildman–Crippen LogP) is 3.56. The fourth-order valence-corrected chi connectivity index (χ4v) is 4.79. The van der Waals surface area contributed by atoms with Gasteiger partial charge in [0.1, 0.15) is 5.56 Å². The molecule has 3 aromatic rings. The van der Waals surface area contributed by atoms with Gasteiger partial charge in [-0.15, -0.1) is 0 Å². The molecule has 1 fully saturated rings. The van der Waals surface area contributed by atoms with Gasteiger partial charge in [-0.2, -0.15) is 0 Å². The smallest absolute Gasteiger partial charge is 0.254 e. The van der Waals surface area contributed by atoms with E-state index in [9.17, 15) is 14.7 Å². The number of pyridine rings is 1. The number of benzene rings is 2. The molecule has 41 heavy (non-hydrogen) atoms. The largest absolute Gasteiger partial charge is 0.395 e. The van der Waals surface area contributed by atoms with Crippen molar-refractivity contribution in [1.82, 2.24) is 14.4 Å². The fraction of sp³-hybridized carbons (Fsp3) is 0.438. The molecular weight excluding hydrogens is 540 g/mol. The summed E-state index contributed by atoms with van der Waals surface area (Å²) in [5, 5.41) is 10.6. The maximum Gasteiger partial charge on any atom is 0.254 e. The first kappa shape index (κ1) is 32.3. The molecule has 2 aromatic carbocycles.